The Morgan fingerprint density at radius 1 is 1.32 bits per heavy atom. The Labute approximate surface area is 115 Å². The molecule has 1 rings (SSSR count). The monoisotopic (exact) mass is 265 g/mol. The SMILES string of the molecule is CCC(Oc1ccccc1)C(=O)N(CCO)C(C)C. The van der Waals surface area contributed by atoms with Crippen molar-refractivity contribution in [1.82, 2.24) is 4.90 Å². The fourth-order valence-corrected chi connectivity index (χ4v) is 1.89. The number of rotatable bonds is 7. The Morgan fingerprint density at radius 2 is 1.95 bits per heavy atom. The number of amides is 1. The molecule has 1 aromatic rings. The highest BCUT2D eigenvalue weighted by atomic mass is 16.5. The fourth-order valence-electron chi connectivity index (χ4n) is 1.89. The van der Waals surface area contributed by atoms with Crippen molar-refractivity contribution in [2.45, 2.75) is 39.3 Å². The summed E-state index contributed by atoms with van der Waals surface area (Å²) in [6.07, 6.45) is 0.0962. The van der Waals surface area contributed by atoms with Gasteiger partial charge in [-0.25, -0.2) is 0 Å². The van der Waals surface area contributed by atoms with E-state index in [-0.39, 0.29) is 18.6 Å². The first-order valence-corrected chi connectivity index (χ1v) is 6.73. The van der Waals surface area contributed by atoms with Gasteiger partial charge in [-0.15, -0.1) is 0 Å². The summed E-state index contributed by atoms with van der Waals surface area (Å²) in [5.74, 6) is 0.616. The van der Waals surface area contributed by atoms with Crippen molar-refractivity contribution >= 4 is 5.91 Å². The molecular formula is C15H23NO3. The van der Waals surface area contributed by atoms with Crippen LogP contribution in [0.15, 0.2) is 30.3 Å². The van der Waals surface area contributed by atoms with Crippen LogP contribution in [0.4, 0.5) is 0 Å². The summed E-state index contributed by atoms with van der Waals surface area (Å²) in [7, 11) is 0. The Morgan fingerprint density at radius 3 is 2.42 bits per heavy atom. The number of carbonyl (C=O) groups is 1. The predicted molar refractivity (Wildman–Crippen MR) is 75.1 cm³/mol. The molecule has 1 aromatic carbocycles. The normalized spacial score (nSPS) is 12.3. The quantitative estimate of drug-likeness (QED) is 0.821. The van der Waals surface area contributed by atoms with E-state index in [0.29, 0.717) is 18.7 Å². The number of ether oxygens (including phenoxy) is 1. The first-order valence-electron chi connectivity index (χ1n) is 6.73. The number of carbonyl (C=O) groups excluding carboxylic acids is 1. The average Bonchev–Trinajstić information content (AvgIpc) is 2.42. The minimum absolute atomic E-state index is 0.0360. The second kappa shape index (κ2) is 7.79. The predicted octanol–water partition coefficient (Wildman–Crippen LogP) is 2.07. The standard InChI is InChI=1S/C15H23NO3/c1-4-14(19-13-8-6-5-7-9-13)15(18)16(10-11-17)12(2)3/h5-9,12,14,17H,4,10-11H2,1-3H3. The lowest BCUT2D eigenvalue weighted by molar-refractivity contribution is -0.141. The van der Waals surface area contributed by atoms with E-state index in [1.165, 1.54) is 0 Å². The van der Waals surface area contributed by atoms with Crippen LogP contribution in [0, 0.1) is 0 Å². The van der Waals surface area contributed by atoms with Crippen LogP contribution in [0.25, 0.3) is 0 Å². The van der Waals surface area contributed by atoms with Crippen molar-refractivity contribution in [1.29, 1.82) is 0 Å². The molecular weight excluding hydrogens is 242 g/mol. The van der Waals surface area contributed by atoms with E-state index in [2.05, 4.69) is 0 Å². The van der Waals surface area contributed by atoms with Gasteiger partial charge in [-0.05, 0) is 32.4 Å². The van der Waals surface area contributed by atoms with Crippen LogP contribution >= 0.6 is 0 Å². The maximum absolute atomic E-state index is 12.4. The van der Waals surface area contributed by atoms with E-state index in [4.69, 9.17) is 9.84 Å². The Kier molecular flexibility index (Phi) is 6.36. The highest BCUT2D eigenvalue weighted by Gasteiger charge is 2.26. The van der Waals surface area contributed by atoms with Crippen LogP contribution in [-0.2, 0) is 4.79 Å². The van der Waals surface area contributed by atoms with Gasteiger partial charge in [0.2, 0.25) is 0 Å². The van der Waals surface area contributed by atoms with Gasteiger partial charge < -0.3 is 14.7 Å². The van der Waals surface area contributed by atoms with E-state index in [0.717, 1.165) is 0 Å². The summed E-state index contributed by atoms with van der Waals surface area (Å²) in [6, 6.07) is 9.37. The number of benzene rings is 1. The minimum atomic E-state index is -0.503. The molecule has 1 unspecified atom stereocenters. The zero-order valence-electron chi connectivity index (χ0n) is 11.9. The lowest BCUT2D eigenvalue weighted by atomic mass is 10.2. The molecule has 0 aliphatic heterocycles. The second-order valence-corrected chi connectivity index (χ2v) is 4.68. The number of hydrogen-bond acceptors (Lipinski definition) is 3. The molecule has 106 valence electrons. The van der Waals surface area contributed by atoms with Crippen molar-refractivity contribution in [3.8, 4) is 5.75 Å². The van der Waals surface area contributed by atoms with Gasteiger partial charge in [0.25, 0.3) is 5.91 Å². The van der Waals surface area contributed by atoms with Gasteiger partial charge in [-0.3, -0.25) is 4.79 Å². The molecule has 0 spiro atoms. The molecule has 0 radical (unpaired) electrons. The van der Waals surface area contributed by atoms with Gasteiger partial charge in [0.15, 0.2) is 6.10 Å². The number of para-hydroxylation sites is 1. The third-order valence-electron chi connectivity index (χ3n) is 2.92. The molecule has 0 aliphatic rings. The Balaban J connectivity index is 2.75. The molecule has 0 aliphatic carbocycles. The summed E-state index contributed by atoms with van der Waals surface area (Å²) in [6.45, 7) is 6.09. The average molecular weight is 265 g/mol. The third-order valence-corrected chi connectivity index (χ3v) is 2.92. The summed E-state index contributed by atoms with van der Waals surface area (Å²) < 4.78 is 5.73. The highest BCUT2D eigenvalue weighted by molar-refractivity contribution is 5.81. The van der Waals surface area contributed by atoms with Crippen molar-refractivity contribution in [2.75, 3.05) is 13.2 Å². The van der Waals surface area contributed by atoms with Gasteiger partial charge in [0, 0.05) is 12.6 Å². The molecule has 4 nitrogen and oxygen atoms in total. The molecule has 1 atom stereocenters. The number of hydrogen-bond donors (Lipinski definition) is 1. The number of aliphatic hydroxyl groups is 1. The van der Waals surface area contributed by atoms with Crippen LogP contribution < -0.4 is 4.74 Å². The van der Waals surface area contributed by atoms with E-state index < -0.39 is 6.10 Å². The number of nitrogens with zero attached hydrogens (tertiary/aromatic N) is 1. The smallest absolute Gasteiger partial charge is 0.263 e. The lowest BCUT2D eigenvalue weighted by Crippen LogP contribution is -2.46. The zero-order valence-corrected chi connectivity index (χ0v) is 11.9. The molecule has 1 N–H and O–H groups in total. The summed E-state index contributed by atoms with van der Waals surface area (Å²) in [4.78, 5) is 14.0. The maximum atomic E-state index is 12.4. The first-order chi connectivity index (χ1) is 9.10. The molecule has 0 saturated carbocycles. The van der Waals surface area contributed by atoms with Crippen LogP contribution in [0.5, 0.6) is 5.75 Å². The van der Waals surface area contributed by atoms with Crippen LogP contribution in [0.2, 0.25) is 0 Å². The Hall–Kier alpha value is -1.55. The molecule has 0 heterocycles. The summed E-state index contributed by atoms with van der Waals surface area (Å²) in [5, 5.41) is 9.04. The topological polar surface area (TPSA) is 49.8 Å². The Bertz CT molecular complexity index is 378. The number of aliphatic hydroxyl groups excluding tert-OH is 1. The summed E-state index contributed by atoms with van der Waals surface area (Å²) >= 11 is 0. The molecule has 0 fully saturated rings. The first kappa shape index (κ1) is 15.5. The van der Waals surface area contributed by atoms with Crippen molar-refractivity contribution < 1.29 is 14.6 Å². The third kappa shape index (κ3) is 4.56. The largest absolute Gasteiger partial charge is 0.481 e. The van der Waals surface area contributed by atoms with Crippen molar-refractivity contribution in [3.05, 3.63) is 30.3 Å². The fraction of sp³-hybridized carbons (Fsp3) is 0.533. The minimum Gasteiger partial charge on any atom is -0.481 e. The zero-order chi connectivity index (χ0) is 14.3. The van der Waals surface area contributed by atoms with Gasteiger partial charge >= 0.3 is 0 Å². The molecule has 0 aromatic heterocycles. The van der Waals surface area contributed by atoms with Gasteiger partial charge in [-0.1, -0.05) is 25.1 Å². The van der Waals surface area contributed by atoms with Crippen molar-refractivity contribution in [2.24, 2.45) is 0 Å². The molecule has 1 amide bonds. The van der Waals surface area contributed by atoms with Gasteiger partial charge in [0.1, 0.15) is 5.75 Å². The van der Waals surface area contributed by atoms with E-state index in [1.807, 2.05) is 51.1 Å². The van der Waals surface area contributed by atoms with Crippen LogP contribution in [0.3, 0.4) is 0 Å². The van der Waals surface area contributed by atoms with Gasteiger partial charge in [-0.2, -0.15) is 0 Å². The van der Waals surface area contributed by atoms with E-state index >= 15 is 0 Å². The molecule has 0 saturated heterocycles. The van der Waals surface area contributed by atoms with Gasteiger partial charge in [0.05, 0.1) is 6.61 Å². The molecule has 4 heteroatoms. The lowest BCUT2D eigenvalue weighted by Gasteiger charge is -2.29. The summed E-state index contributed by atoms with van der Waals surface area (Å²) in [5.41, 5.74) is 0. The molecule has 0 bridgehead atoms. The van der Waals surface area contributed by atoms with Crippen LogP contribution in [0.1, 0.15) is 27.2 Å². The highest BCUT2D eigenvalue weighted by Crippen LogP contribution is 2.15. The van der Waals surface area contributed by atoms with E-state index in [9.17, 15) is 4.79 Å². The van der Waals surface area contributed by atoms with Crippen molar-refractivity contribution in [3.63, 3.8) is 0 Å². The van der Waals surface area contributed by atoms with Crippen LogP contribution in [-0.4, -0.2) is 41.2 Å². The van der Waals surface area contributed by atoms with E-state index in [1.54, 1.807) is 4.90 Å². The molecule has 19 heavy (non-hydrogen) atoms. The maximum Gasteiger partial charge on any atom is 0.263 e. The second-order valence-electron chi connectivity index (χ2n) is 4.68.